The molecule has 3 rings (SSSR count). The van der Waals surface area contributed by atoms with Gasteiger partial charge in [0.1, 0.15) is 23.2 Å². The summed E-state index contributed by atoms with van der Waals surface area (Å²) in [5.74, 6) is 1.58. The number of nitrogens with zero attached hydrogens (tertiary/aromatic N) is 2. The van der Waals surface area contributed by atoms with Crippen molar-refractivity contribution in [1.82, 2.24) is 9.55 Å². The van der Waals surface area contributed by atoms with Crippen LogP contribution in [0.3, 0.4) is 0 Å². The summed E-state index contributed by atoms with van der Waals surface area (Å²) in [6.07, 6.45) is 4.02. The second-order valence-electron chi connectivity index (χ2n) is 5.00. The summed E-state index contributed by atoms with van der Waals surface area (Å²) >= 11 is 3.36. The van der Waals surface area contributed by atoms with Gasteiger partial charge in [0.15, 0.2) is 0 Å². The van der Waals surface area contributed by atoms with E-state index < -0.39 is 0 Å². The summed E-state index contributed by atoms with van der Waals surface area (Å²) in [6, 6.07) is 4.79. The highest BCUT2D eigenvalue weighted by atomic mass is 79.9. The molecule has 0 saturated heterocycles. The zero-order chi connectivity index (χ0) is 14.3. The molecule has 0 aliphatic heterocycles. The minimum atomic E-state index is -0.314. The molecule has 1 aliphatic rings. The number of nitrogens with two attached hydrogens (primary N) is 1. The first-order chi connectivity index (χ1) is 9.61. The van der Waals surface area contributed by atoms with Gasteiger partial charge >= 0.3 is 0 Å². The van der Waals surface area contributed by atoms with E-state index in [1.807, 2.05) is 4.57 Å². The molecule has 0 atom stereocenters. The maximum atomic E-state index is 14.0. The van der Waals surface area contributed by atoms with Crippen LogP contribution in [0.4, 0.5) is 10.2 Å². The fourth-order valence-electron chi connectivity index (χ4n) is 2.33. The predicted octanol–water partition coefficient (Wildman–Crippen LogP) is 4.10. The lowest BCUT2D eigenvalue weighted by Gasteiger charge is -2.06. The minimum absolute atomic E-state index is 0.314. The summed E-state index contributed by atoms with van der Waals surface area (Å²) in [5.41, 5.74) is 7.13. The highest BCUT2D eigenvalue weighted by molar-refractivity contribution is 9.10. The predicted molar refractivity (Wildman–Crippen MR) is 81.9 cm³/mol. The van der Waals surface area contributed by atoms with E-state index in [2.05, 4.69) is 27.5 Å². The molecule has 0 amide bonds. The highest BCUT2D eigenvalue weighted by Crippen LogP contribution is 2.42. The molecule has 5 heteroatoms. The van der Waals surface area contributed by atoms with Gasteiger partial charge in [-0.1, -0.05) is 22.0 Å². The topological polar surface area (TPSA) is 43.8 Å². The normalized spacial score (nSPS) is 14.5. The molecular weight excluding hydrogens is 321 g/mol. The SMILES string of the molecule is C=CCn1c(C2CC2)nc(-c2cc(Br)ccc2F)c1N. The summed E-state index contributed by atoms with van der Waals surface area (Å²) in [4.78, 5) is 4.59. The molecule has 3 nitrogen and oxygen atoms in total. The first-order valence-electron chi connectivity index (χ1n) is 6.54. The maximum absolute atomic E-state index is 14.0. The molecule has 1 aromatic heterocycles. The summed E-state index contributed by atoms with van der Waals surface area (Å²) in [6.45, 7) is 4.34. The zero-order valence-electron chi connectivity index (χ0n) is 10.9. The molecule has 1 heterocycles. The average Bonchev–Trinajstić information content (AvgIpc) is 3.21. The van der Waals surface area contributed by atoms with E-state index in [0.29, 0.717) is 29.5 Å². The molecule has 1 aromatic carbocycles. The number of aromatic nitrogens is 2. The Kier molecular flexibility index (Phi) is 3.38. The van der Waals surface area contributed by atoms with Crippen molar-refractivity contribution in [2.45, 2.75) is 25.3 Å². The summed E-state index contributed by atoms with van der Waals surface area (Å²) in [7, 11) is 0. The van der Waals surface area contributed by atoms with Crippen LogP contribution in [-0.2, 0) is 6.54 Å². The highest BCUT2D eigenvalue weighted by Gasteiger charge is 2.31. The van der Waals surface area contributed by atoms with Crippen LogP contribution in [0, 0.1) is 5.82 Å². The van der Waals surface area contributed by atoms with Crippen LogP contribution < -0.4 is 5.73 Å². The van der Waals surface area contributed by atoms with E-state index in [1.165, 1.54) is 6.07 Å². The standard InChI is InChI=1S/C15H15BrFN3/c1-2-7-20-14(18)13(19-15(20)9-3-4-9)11-8-10(16)5-6-12(11)17/h2,5-6,8-9H,1,3-4,7,18H2. The van der Waals surface area contributed by atoms with Crippen molar-refractivity contribution in [3.05, 3.63) is 47.0 Å². The monoisotopic (exact) mass is 335 g/mol. The van der Waals surface area contributed by atoms with E-state index in [4.69, 9.17) is 5.73 Å². The Morgan fingerprint density at radius 1 is 1.50 bits per heavy atom. The summed E-state index contributed by atoms with van der Waals surface area (Å²) in [5, 5.41) is 0. The number of hydrogen-bond acceptors (Lipinski definition) is 2. The Hall–Kier alpha value is -1.62. The van der Waals surface area contributed by atoms with Crippen molar-refractivity contribution in [2.24, 2.45) is 0 Å². The first kappa shape index (κ1) is 13.4. The van der Waals surface area contributed by atoms with Crippen LogP contribution in [0.1, 0.15) is 24.6 Å². The fraction of sp³-hybridized carbons (Fsp3) is 0.267. The number of anilines is 1. The smallest absolute Gasteiger partial charge is 0.132 e. The third kappa shape index (κ3) is 2.26. The van der Waals surface area contributed by atoms with Gasteiger partial charge in [0, 0.05) is 22.5 Å². The van der Waals surface area contributed by atoms with E-state index in [0.717, 1.165) is 23.1 Å². The number of imidazole rings is 1. The lowest BCUT2D eigenvalue weighted by Crippen LogP contribution is -2.05. The van der Waals surface area contributed by atoms with E-state index in [1.54, 1.807) is 18.2 Å². The Labute approximate surface area is 125 Å². The van der Waals surface area contributed by atoms with Gasteiger partial charge < -0.3 is 10.3 Å². The van der Waals surface area contributed by atoms with Crippen LogP contribution in [0.2, 0.25) is 0 Å². The molecule has 1 fully saturated rings. The molecule has 0 bridgehead atoms. The third-order valence-corrected chi connectivity index (χ3v) is 3.97. The molecular formula is C15H15BrFN3. The molecule has 2 N–H and O–H groups in total. The van der Waals surface area contributed by atoms with Crippen molar-refractivity contribution in [3.63, 3.8) is 0 Å². The third-order valence-electron chi connectivity index (χ3n) is 3.47. The molecule has 104 valence electrons. The Balaban J connectivity index is 2.16. The van der Waals surface area contributed by atoms with Gasteiger partial charge in [0.05, 0.1) is 0 Å². The van der Waals surface area contributed by atoms with Gasteiger partial charge in [-0.05, 0) is 31.0 Å². The number of benzene rings is 1. The van der Waals surface area contributed by atoms with Crippen molar-refractivity contribution in [2.75, 3.05) is 5.73 Å². The van der Waals surface area contributed by atoms with Gasteiger partial charge in [-0.15, -0.1) is 6.58 Å². The maximum Gasteiger partial charge on any atom is 0.132 e. The number of halogens is 2. The Morgan fingerprint density at radius 3 is 2.90 bits per heavy atom. The lowest BCUT2D eigenvalue weighted by molar-refractivity contribution is 0.630. The van der Waals surface area contributed by atoms with Gasteiger partial charge in [0.2, 0.25) is 0 Å². The van der Waals surface area contributed by atoms with Crippen LogP contribution in [0.5, 0.6) is 0 Å². The van der Waals surface area contributed by atoms with Crippen LogP contribution in [0.25, 0.3) is 11.3 Å². The lowest BCUT2D eigenvalue weighted by atomic mass is 10.1. The second-order valence-corrected chi connectivity index (χ2v) is 5.92. The van der Waals surface area contributed by atoms with E-state index >= 15 is 0 Å². The number of allylic oxidation sites excluding steroid dienone is 1. The van der Waals surface area contributed by atoms with Crippen LogP contribution in [0.15, 0.2) is 35.3 Å². The molecule has 1 aliphatic carbocycles. The van der Waals surface area contributed by atoms with Crippen LogP contribution >= 0.6 is 15.9 Å². The van der Waals surface area contributed by atoms with Gasteiger partial charge in [-0.25, -0.2) is 9.37 Å². The molecule has 0 unspecified atom stereocenters. The second kappa shape index (κ2) is 5.05. The zero-order valence-corrected chi connectivity index (χ0v) is 12.5. The van der Waals surface area contributed by atoms with Crippen molar-refractivity contribution in [1.29, 1.82) is 0 Å². The number of hydrogen-bond donors (Lipinski definition) is 1. The van der Waals surface area contributed by atoms with E-state index in [9.17, 15) is 4.39 Å². The first-order valence-corrected chi connectivity index (χ1v) is 7.33. The Morgan fingerprint density at radius 2 is 2.25 bits per heavy atom. The van der Waals surface area contributed by atoms with Gasteiger partial charge in [-0.2, -0.15) is 0 Å². The molecule has 0 radical (unpaired) electrons. The molecule has 1 saturated carbocycles. The molecule has 20 heavy (non-hydrogen) atoms. The fourth-order valence-corrected chi connectivity index (χ4v) is 2.70. The largest absolute Gasteiger partial charge is 0.383 e. The van der Waals surface area contributed by atoms with Gasteiger partial charge in [0.25, 0.3) is 0 Å². The van der Waals surface area contributed by atoms with Crippen molar-refractivity contribution >= 4 is 21.7 Å². The average molecular weight is 336 g/mol. The van der Waals surface area contributed by atoms with Gasteiger partial charge in [-0.3, -0.25) is 0 Å². The van der Waals surface area contributed by atoms with Crippen molar-refractivity contribution in [3.8, 4) is 11.3 Å². The van der Waals surface area contributed by atoms with Crippen LogP contribution in [-0.4, -0.2) is 9.55 Å². The summed E-state index contributed by atoms with van der Waals surface area (Å²) < 4.78 is 16.8. The Bertz CT molecular complexity index is 674. The molecule has 0 spiro atoms. The van der Waals surface area contributed by atoms with Crippen molar-refractivity contribution < 1.29 is 4.39 Å². The molecule has 2 aromatic rings. The van der Waals surface area contributed by atoms with E-state index in [-0.39, 0.29) is 5.82 Å². The number of rotatable bonds is 4. The minimum Gasteiger partial charge on any atom is -0.383 e. The quantitative estimate of drug-likeness (QED) is 0.855. The number of nitrogen functional groups attached to an aromatic ring is 1.